The summed E-state index contributed by atoms with van der Waals surface area (Å²) in [6.45, 7) is 7.20. The van der Waals surface area contributed by atoms with Crippen LogP contribution in [0.25, 0.3) is 5.69 Å². The highest BCUT2D eigenvalue weighted by Gasteiger charge is 2.23. The summed E-state index contributed by atoms with van der Waals surface area (Å²) in [5, 5.41) is 7.22. The second-order valence-corrected chi connectivity index (χ2v) is 6.53. The number of esters is 1. The summed E-state index contributed by atoms with van der Waals surface area (Å²) in [5.41, 5.74) is 1.34. The van der Waals surface area contributed by atoms with E-state index in [1.807, 2.05) is 51.1 Å². The van der Waals surface area contributed by atoms with Crippen LogP contribution < -0.4 is 5.32 Å². The van der Waals surface area contributed by atoms with Crippen LogP contribution in [0.5, 0.6) is 0 Å². The number of hydrogen-bond acceptors (Lipinski definition) is 4. The molecule has 1 aromatic carbocycles. The number of nitrogens with one attached hydrogen (secondary N) is 1. The van der Waals surface area contributed by atoms with E-state index in [-0.39, 0.29) is 29.3 Å². The number of hydrogen-bond donors (Lipinski definition) is 1. The molecule has 25 heavy (non-hydrogen) atoms. The van der Waals surface area contributed by atoms with Gasteiger partial charge < -0.3 is 10.1 Å². The van der Waals surface area contributed by atoms with Crippen LogP contribution in [0, 0.1) is 12.8 Å². The molecule has 1 amide bonds. The van der Waals surface area contributed by atoms with Crippen LogP contribution in [-0.4, -0.2) is 34.3 Å². The van der Waals surface area contributed by atoms with E-state index in [1.165, 1.54) is 4.68 Å². The van der Waals surface area contributed by atoms with E-state index in [9.17, 15) is 9.59 Å². The zero-order valence-electron chi connectivity index (χ0n) is 14.7. The van der Waals surface area contributed by atoms with Crippen molar-refractivity contribution in [2.75, 3.05) is 6.61 Å². The zero-order chi connectivity index (χ0) is 18.6. The summed E-state index contributed by atoms with van der Waals surface area (Å²) >= 11 is 6.30. The van der Waals surface area contributed by atoms with E-state index in [0.29, 0.717) is 11.6 Å². The maximum atomic E-state index is 12.3. The number of para-hydroxylation sites is 1. The maximum absolute atomic E-state index is 12.3. The Labute approximate surface area is 152 Å². The second kappa shape index (κ2) is 8.16. The van der Waals surface area contributed by atoms with Gasteiger partial charge in [0, 0.05) is 6.04 Å². The Bertz CT molecular complexity index is 756. The minimum absolute atomic E-state index is 0.00245. The Morgan fingerprint density at radius 1 is 1.24 bits per heavy atom. The van der Waals surface area contributed by atoms with Crippen LogP contribution in [0.2, 0.25) is 5.15 Å². The molecule has 6 nitrogen and oxygen atoms in total. The SMILES string of the molecule is Cc1nn(-c2ccccc2)c(Cl)c1C(=O)OCC(=O)N[C@H](C)C(C)C. The van der Waals surface area contributed by atoms with Crippen LogP contribution in [-0.2, 0) is 9.53 Å². The molecule has 0 unspecified atom stereocenters. The van der Waals surface area contributed by atoms with E-state index < -0.39 is 5.97 Å². The quantitative estimate of drug-likeness (QED) is 0.800. The van der Waals surface area contributed by atoms with Gasteiger partial charge in [-0.05, 0) is 31.9 Å². The number of aryl methyl sites for hydroxylation is 1. The molecule has 1 atom stereocenters. The predicted octanol–water partition coefficient (Wildman–Crippen LogP) is 3.15. The number of ether oxygens (including phenoxy) is 1. The number of aromatic nitrogens is 2. The van der Waals surface area contributed by atoms with E-state index in [2.05, 4.69) is 10.4 Å². The molecule has 0 saturated heterocycles. The van der Waals surface area contributed by atoms with Gasteiger partial charge >= 0.3 is 5.97 Å². The molecule has 134 valence electrons. The lowest BCUT2D eigenvalue weighted by atomic mass is 10.1. The van der Waals surface area contributed by atoms with Crippen LogP contribution in [0.15, 0.2) is 30.3 Å². The number of nitrogens with zero attached hydrogens (tertiary/aromatic N) is 2. The summed E-state index contributed by atoms with van der Waals surface area (Å²) in [4.78, 5) is 24.2. The molecule has 1 heterocycles. The average Bonchev–Trinajstić information content (AvgIpc) is 2.88. The summed E-state index contributed by atoms with van der Waals surface area (Å²) in [5.74, 6) is -0.726. The van der Waals surface area contributed by atoms with Gasteiger partial charge in [-0.1, -0.05) is 43.6 Å². The Morgan fingerprint density at radius 2 is 1.88 bits per heavy atom. The lowest BCUT2D eigenvalue weighted by Gasteiger charge is -2.17. The number of carbonyl (C=O) groups excluding carboxylic acids is 2. The summed E-state index contributed by atoms with van der Waals surface area (Å²) in [6, 6.07) is 9.22. The normalized spacial score (nSPS) is 12.1. The molecule has 2 aromatic rings. The highest BCUT2D eigenvalue weighted by atomic mass is 35.5. The highest BCUT2D eigenvalue weighted by molar-refractivity contribution is 6.33. The fraction of sp³-hybridized carbons (Fsp3) is 0.389. The molecule has 2 rings (SSSR count). The van der Waals surface area contributed by atoms with E-state index in [0.717, 1.165) is 5.69 Å². The first-order chi connectivity index (χ1) is 11.8. The van der Waals surface area contributed by atoms with Crippen LogP contribution in [0.1, 0.15) is 36.8 Å². The molecule has 0 bridgehead atoms. The Hall–Kier alpha value is -2.34. The molecule has 1 N–H and O–H groups in total. The molecule has 7 heteroatoms. The van der Waals surface area contributed by atoms with Crippen LogP contribution >= 0.6 is 11.6 Å². The van der Waals surface area contributed by atoms with Gasteiger partial charge in [0.15, 0.2) is 6.61 Å². The van der Waals surface area contributed by atoms with Gasteiger partial charge in [-0.2, -0.15) is 5.10 Å². The van der Waals surface area contributed by atoms with E-state index in [1.54, 1.807) is 6.92 Å². The van der Waals surface area contributed by atoms with Gasteiger partial charge in [0.2, 0.25) is 0 Å². The van der Waals surface area contributed by atoms with Crippen molar-refractivity contribution < 1.29 is 14.3 Å². The van der Waals surface area contributed by atoms with Gasteiger partial charge in [0.1, 0.15) is 10.7 Å². The van der Waals surface area contributed by atoms with Crippen molar-refractivity contribution in [3.8, 4) is 5.69 Å². The molecule has 0 aliphatic heterocycles. The van der Waals surface area contributed by atoms with E-state index in [4.69, 9.17) is 16.3 Å². The lowest BCUT2D eigenvalue weighted by Crippen LogP contribution is -2.38. The maximum Gasteiger partial charge on any atom is 0.343 e. The van der Waals surface area contributed by atoms with Crippen molar-refractivity contribution >= 4 is 23.5 Å². The molecular formula is C18H22ClN3O3. The second-order valence-electron chi connectivity index (χ2n) is 6.17. The van der Waals surface area contributed by atoms with Gasteiger partial charge in [-0.25, -0.2) is 9.48 Å². The Kier molecular flexibility index (Phi) is 6.20. The molecular weight excluding hydrogens is 342 g/mol. The standard InChI is InChI=1S/C18H22ClN3O3/c1-11(2)12(3)20-15(23)10-25-18(24)16-13(4)21-22(17(16)19)14-8-6-5-7-9-14/h5-9,11-12H,10H2,1-4H3,(H,20,23)/t12-/m1/s1. The molecule has 0 spiro atoms. The average molecular weight is 364 g/mol. The number of amides is 1. The van der Waals surface area contributed by atoms with Crippen molar-refractivity contribution in [3.63, 3.8) is 0 Å². The summed E-state index contributed by atoms with van der Waals surface area (Å²) < 4.78 is 6.56. The largest absolute Gasteiger partial charge is 0.452 e. The Morgan fingerprint density at radius 3 is 2.48 bits per heavy atom. The first-order valence-corrected chi connectivity index (χ1v) is 8.46. The van der Waals surface area contributed by atoms with Crippen molar-refractivity contribution in [2.24, 2.45) is 5.92 Å². The first kappa shape index (κ1) is 19.0. The Balaban J connectivity index is 2.08. The number of benzene rings is 1. The van der Waals surface area contributed by atoms with Crippen molar-refractivity contribution in [1.82, 2.24) is 15.1 Å². The third-order valence-corrected chi connectivity index (χ3v) is 4.28. The lowest BCUT2D eigenvalue weighted by molar-refractivity contribution is -0.125. The molecule has 1 aromatic heterocycles. The van der Waals surface area contributed by atoms with Gasteiger partial charge in [-0.15, -0.1) is 0 Å². The first-order valence-electron chi connectivity index (χ1n) is 8.08. The number of carbonyl (C=O) groups is 2. The molecule has 0 fully saturated rings. The molecule has 0 radical (unpaired) electrons. The summed E-state index contributed by atoms with van der Waals surface area (Å²) in [7, 11) is 0. The highest BCUT2D eigenvalue weighted by Crippen LogP contribution is 2.24. The summed E-state index contributed by atoms with van der Waals surface area (Å²) in [6.07, 6.45) is 0. The fourth-order valence-electron chi connectivity index (χ4n) is 2.14. The van der Waals surface area contributed by atoms with Crippen molar-refractivity contribution in [1.29, 1.82) is 0 Å². The monoisotopic (exact) mass is 363 g/mol. The zero-order valence-corrected chi connectivity index (χ0v) is 15.5. The molecule has 0 aliphatic rings. The predicted molar refractivity (Wildman–Crippen MR) is 96.0 cm³/mol. The fourth-order valence-corrected chi connectivity index (χ4v) is 2.49. The third-order valence-electron chi connectivity index (χ3n) is 3.93. The number of halogens is 1. The van der Waals surface area contributed by atoms with Crippen LogP contribution in [0.3, 0.4) is 0 Å². The van der Waals surface area contributed by atoms with Gasteiger partial charge in [0.25, 0.3) is 5.91 Å². The minimum Gasteiger partial charge on any atom is -0.452 e. The minimum atomic E-state index is -0.669. The number of rotatable bonds is 6. The van der Waals surface area contributed by atoms with Crippen molar-refractivity contribution in [3.05, 3.63) is 46.7 Å². The molecule has 0 aliphatic carbocycles. The smallest absolute Gasteiger partial charge is 0.343 e. The topological polar surface area (TPSA) is 73.2 Å². The third kappa shape index (κ3) is 4.60. The van der Waals surface area contributed by atoms with Gasteiger partial charge in [0.05, 0.1) is 11.4 Å². The van der Waals surface area contributed by atoms with Crippen molar-refractivity contribution in [2.45, 2.75) is 33.7 Å². The van der Waals surface area contributed by atoms with E-state index >= 15 is 0 Å². The van der Waals surface area contributed by atoms with Gasteiger partial charge in [-0.3, -0.25) is 4.79 Å². The molecule has 0 saturated carbocycles. The van der Waals surface area contributed by atoms with Crippen LogP contribution in [0.4, 0.5) is 0 Å².